The fourth-order valence-corrected chi connectivity index (χ4v) is 3.37. The summed E-state index contributed by atoms with van der Waals surface area (Å²) < 4.78 is 5.61. The summed E-state index contributed by atoms with van der Waals surface area (Å²) >= 11 is 0. The first-order valence-corrected chi connectivity index (χ1v) is 9.95. The van der Waals surface area contributed by atoms with Gasteiger partial charge in [0.15, 0.2) is 17.2 Å². The molecule has 2 aromatic rings. The van der Waals surface area contributed by atoms with Crippen LogP contribution in [0.2, 0.25) is 0 Å². The highest BCUT2D eigenvalue weighted by Crippen LogP contribution is 2.35. The Bertz CT molecular complexity index is 863. The predicted octanol–water partition coefficient (Wildman–Crippen LogP) is 2.34. The molecule has 8 heteroatoms. The van der Waals surface area contributed by atoms with Crippen molar-refractivity contribution in [2.75, 3.05) is 32.8 Å². The minimum atomic E-state index is -0.657. The van der Waals surface area contributed by atoms with E-state index in [0.29, 0.717) is 52.0 Å². The van der Waals surface area contributed by atoms with Gasteiger partial charge in [0, 0.05) is 38.2 Å². The molecule has 0 aliphatic carbocycles. The number of nitrogens with zero attached hydrogens (tertiary/aromatic N) is 2. The fourth-order valence-electron chi connectivity index (χ4n) is 3.37. The van der Waals surface area contributed by atoms with Crippen LogP contribution in [0.1, 0.15) is 29.6 Å². The lowest BCUT2D eigenvalue weighted by molar-refractivity contribution is -0.131. The standard InChI is InChI=1S/C22H26N2O6/c25-18-14-16(15-19(26)21(18)28)22(29)24-10-5-9-23(11-12-24)20(27)8-4-13-30-17-6-2-1-3-7-17/h1-3,6-7,14-15,25-26,28H,4-5,8-13H2. The van der Waals surface area contributed by atoms with E-state index in [4.69, 9.17) is 4.74 Å². The van der Waals surface area contributed by atoms with Gasteiger partial charge < -0.3 is 29.9 Å². The zero-order valence-corrected chi connectivity index (χ0v) is 16.7. The molecule has 1 aliphatic rings. The molecule has 0 spiro atoms. The maximum atomic E-state index is 12.7. The van der Waals surface area contributed by atoms with Gasteiger partial charge in [-0.2, -0.15) is 0 Å². The average Bonchev–Trinajstić information content (AvgIpc) is 3.01. The Kier molecular flexibility index (Phi) is 7.00. The number of carbonyl (C=O) groups is 2. The van der Waals surface area contributed by atoms with Gasteiger partial charge in [0.1, 0.15) is 5.75 Å². The number of aromatic hydroxyl groups is 3. The van der Waals surface area contributed by atoms with Gasteiger partial charge in [0.05, 0.1) is 6.61 Å². The van der Waals surface area contributed by atoms with Crippen molar-refractivity contribution in [2.45, 2.75) is 19.3 Å². The van der Waals surface area contributed by atoms with E-state index in [-0.39, 0.29) is 17.4 Å². The van der Waals surface area contributed by atoms with Crippen molar-refractivity contribution in [1.82, 2.24) is 9.80 Å². The van der Waals surface area contributed by atoms with Crippen LogP contribution in [0.3, 0.4) is 0 Å². The lowest BCUT2D eigenvalue weighted by Crippen LogP contribution is -2.37. The topological polar surface area (TPSA) is 111 Å². The molecule has 0 unspecified atom stereocenters. The van der Waals surface area contributed by atoms with E-state index in [1.807, 2.05) is 30.3 Å². The Labute approximate surface area is 174 Å². The lowest BCUT2D eigenvalue weighted by atomic mass is 10.1. The molecule has 0 bridgehead atoms. The van der Waals surface area contributed by atoms with Crippen molar-refractivity contribution in [1.29, 1.82) is 0 Å². The van der Waals surface area contributed by atoms with Crippen LogP contribution >= 0.6 is 0 Å². The summed E-state index contributed by atoms with van der Waals surface area (Å²) in [4.78, 5) is 28.5. The smallest absolute Gasteiger partial charge is 0.254 e. The van der Waals surface area contributed by atoms with Crippen LogP contribution in [0.4, 0.5) is 0 Å². The Morgan fingerprint density at radius 1 is 0.900 bits per heavy atom. The molecule has 2 amide bonds. The second-order valence-electron chi connectivity index (χ2n) is 7.15. The van der Waals surface area contributed by atoms with Gasteiger partial charge in [0.2, 0.25) is 5.91 Å². The molecule has 1 saturated heterocycles. The summed E-state index contributed by atoms with van der Waals surface area (Å²) in [5.74, 6) is -1.33. The number of phenols is 3. The van der Waals surface area contributed by atoms with Crippen LogP contribution in [0.5, 0.6) is 23.0 Å². The largest absolute Gasteiger partial charge is 0.504 e. The first-order valence-electron chi connectivity index (χ1n) is 9.95. The van der Waals surface area contributed by atoms with Crippen LogP contribution in [-0.2, 0) is 4.79 Å². The maximum absolute atomic E-state index is 12.7. The van der Waals surface area contributed by atoms with E-state index in [1.165, 1.54) is 0 Å². The highest BCUT2D eigenvalue weighted by atomic mass is 16.5. The predicted molar refractivity (Wildman–Crippen MR) is 110 cm³/mol. The summed E-state index contributed by atoms with van der Waals surface area (Å²) in [6.07, 6.45) is 1.62. The number of carbonyl (C=O) groups excluding carboxylic acids is 2. The van der Waals surface area contributed by atoms with Crippen LogP contribution in [0, 0.1) is 0 Å². The molecule has 30 heavy (non-hydrogen) atoms. The maximum Gasteiger partial charge on any atom is 0.254 e. The molecule has 1 heterocycles. The first-order chi connectivity index (χ1) is 14.5. The molecular formula is C22H26N2O6. The normalized spacial score (nSPS) is 14.3. The van der Waals surface area contributed by atoms with E-state index in [9.17, 15) is 24.9 Å². The van der Waals surface area contributed by atoms with Crippen molar-refractivity contribution in [3.05, 3.63) is 48.0 Å². The number of amides is 2. The molecule has 8 nitrogen and oxygen atoms in total. The molecule has 3 rings (SSSR count). The summed E-state index contributed by atoms with van der Waals surface area (Å²) in [6.45, 7) is 2.26. The van der Waals surface area contributed by atoms with Crippen molar-refractivity contribution in [3.63, 3.8) is 0 Å². The van der Waals surface area contributed by atoms with Crippen LogP contribution in [0.15, 0.2) is 42.5 Å². The number of rotatable bonds is 6. The third kappa shape index (κ3) is 5.34. The molecular weight excluding hydrogens is 388 g/mol. The van der Waals surface area contributed by atoms with E-state index in [1.54, 1.807) is 9.80 Å². The van der Waals surface area contributed by atoms with Crippen LogP contribution in [-0.4, -0.2) is 69.7 Å². The Hall–Kier alpha value is -3.42. The van der Waals surface area contributed by atoms with Crippen molar-refractivity contribution < 1.29 is 29.6 Å². The van der Waals surface area contributed by atoms with Gasteiger partial charge in [-0.3, -0.25) is 9.59 Å². The Balaban J connectivity index is 1.48. The second-order valence-corrected chi connectivity index (χ2v) is 7.15. The lowest BCUT2D eigenvalue weighted by Gasteiger charge is -2.22. The molecule has 160 valence electrons. The number of hydrogen-bond acceptors (Lipinski definition) is 6. The second kappa shape index (κ2) is 9.87. The number of ether oxygens (including phenoxy) is 1. The highest BCUT2D eigenvalue weighted by molar-refractivity contribution is 5.95. The zero-order chi connectivity index (χ0) is 21.5. The molecule has 0 aromatic heterocycles. The number of para-hydroxylation sites is 1. The summed E-state index contributed by atoms with van der Waals surface area (Å²) in [7, 11) is 0. The molecule has 2 aromatic carbocycles. The van der Waals surface area contributed by atoms with E-state index >= 15 is 0 Å². The first kappa shape index (κ1) is 21.3. The number of benzene rings is 2. The van der Waals surface area contributed by atoms with Gasteiger partial charge in [-0.25, -0.2) is 0 Å². The summed E-state index contributed by atoms with van der Waals surface area (Å²) in [6, 6.07) is 11.7. The molecule has 0 atom stereocenters. The minimum absolute atomic E-state index is 0.0286. The number of hydrogen-bond donors (Lipinski definition) is 3. The summed E-state index contributed by atoms with van der Waals surface area (Å²) in [5, 5.41) is 28.7. The molecule has 3 N–H and O–H groups in total. The third-order valence-corrected chi connectivity index (χ3v) is 5.00. The summed E-state index contributed by atoms with van der Waals surface area (Å²) in [5.41, 5.74) is 0.0839. The Morgan fingerprint density at radius 2 is 1.53 bits per heavy atom. The van der Waals surface area contributed by atoms with Crippen molar-refractivity contribution in [2.24, 2.45) is 0 Å². The van der Waals surface area contributed by atoms with Gasteiger partial charge in [-0.1, -0.05) is 18.2 Å². The quantitative estimate of drug-likeness (QED) is 0.494. The van der Waals surface area contributed by atoms with Gasteiger partial charge in [-0.05, 0) is 37.1 Å². The van der Waals surface area contributed by atoms with Gasteiger partial charge in [-0.15, -0.1) is 0 Å². The molecule has 1 aliphatic heterocycles. The fraction of sp³-hybridized carbons (Fsp3) is 0.364. The van der Waals surface area contributed by atoms with Crippen molar-refractivity contribution in [3.8, 4) is 23.0 Å². The number of phenolic OH excluding ortho intramolecular Hbond substituents is 3. The van der Waals surface area contributed by atoms with Gasteiger partial charge in [0.25, 0.3) is 5.91 Å². The Morgan fingerprint density at radius 3 is 2.23 bits per heavy atom. The van der Waals surface area contributed by atoms with Crippen LogP contribution < -0.4 is 4.74 Å². The third-order valence-electron chi connectivity index (χ3n) is 5.00. The zero-order valence-electron chi connectivity index (χ0n) is 16.7. The van der Waals surface area contributed by atoms with E-state index in [2.05, 4.69) is 0 Å². The average molecular weight is 414 g/mol. The van der Waals surface area contributed by atoms with Crippen molar-refractivity contribution >= 4 is 11.8 Å². The van der Waals surface area contributed by atoms with Gasteiger partial charge >= 0.3 is 0 Å². The van der Waals surface area contributed by atoms with E-state index < -0.39 is 17.2 Å². The highest BCUT2D eigenvalue weighted by Gasteiger charge is 2.24. The van der Waals surface area contributed by atoms with Crippen LogP contribution in [0.25, 0.3) is 0 Å². The molecule has 1 fully saturated rings. The SMILES string of the molecule is O=C(CCCOc1ccccc1)N1CCCN(C(=O)c2cc(O)c(O)c(O)c2)CC1. The molecule has 0 saturated carbocycles. The van der Waals surface area contributed by atoms with E-state index in [0.717, 1.165) is 17.9 Å². The molecule has 0 radical (unpaired) electrons. The monoisotopic (exact) mass is 414 g/mol. The minimum Gasteiger partial charge on any atom is -0.504 e.